The Morgan fingerprint density at radius 3 is 2.31 bits per heavy atom. The largest absolute Gasteiger partial charge is 0.507 e. The molecule has 1 atom stereocenters. The van der Waals surface area contributed by atoms with Crippen molar-refractivity contribution in [2.75, 3.05) is 27.2 Å². The molecule has 1 heterocycles. The third-order valence-electron chi connectivity index (χ3n) is 4.85. The molecule has 152 valence electrons. The van der Waals surface area contributed by atoms with Crippen LogP contribution in [-0.4, -0.2) is 53.8 Å². The van der Waals surface area contributed by atoms with Crippen LogP contribution in [0.5, 0.6) is 0 Å². The van der Waals surface area contributed by atoms with E-state index < -0.39 is 23.5 Å². The smallest absolute Gasteiger partial charge is 0.295 e. The zero-order chi connectivity index (χ0) is 21.1. The van der Waals surface area contributed by atoms with Crippen molar-refractivity contribution in [1.82, 2.24) is 9.80 Å². The average Bonchev–Trinajstić information content (AvgIpc) is 2.93. The summed E-state index contributed by atoms with van der Waals surface area (Å²) in [5, 5.41) is 11.4. The first kappa shape index (κ1) is 21.0. The highest BCUT2D eigenvalue weighted by molar-refractivity contribution is 6.46. The number of ketones is 1. The average molecular weight is 417 g/mol. The molecule has 0 spiro atoms. The summed E-state index contributed by atoms with van der Waals surface area (Å²) in [5.41, 5.74) is 0.938. The van der Waals surface area contributed by atoms with Crippen molar-refractivity contribution in [3.63, 3.8) is 0 Å². The van der Waals surface area contributed by atoms with Crippen molar-refractivity contribution in [3.8, 4) is 0 Å². The van der Waals surface area contributed by atoms with Crippen LogP contribution in [0, 0.1) is 5.82 Å². The van der Waals surface area contributed by atoms with E-state index in [-0.39, 0.29) is 16.9 Å². The summed E-state index contributed by atoms with van der Waals surface area (Å²) >= 11 is 5.99. The monoisotopic (exact) mass is 416 g/mol. The lowest BCUT2D eigenvalue weighted by atomic mass is 9.95. The molecule has 29 heavy (non-hydrogen) atoms. The molecule has 1 aliphatic heterocycles. The number of hydrogen-bond acceptors (Lipinski definition) is 4. The molecule has 1 fully saturated rings. The lowest BCUT2D eigenvalue weighted by Gasteiger charge is -2.26. The number of halogens is 2. The van der Waals surface area contributed by atoms with Crippen LogP contribution in [0.15, 0.2) is 54.1 Å². The van der Waals surface area contributed by atoms with E-state index >= 15 is 0 Å². The number of likely N-dealkylation sites (tertiary alicyclic amines) is 1. The standard InChI is InChI=1S/C22H22ClFN2O3/c1-25(2)12-3-13-26-19(14-4-8-16(23)9-5-14)18(21(28)22(26)29)20(27)15-6-10-17(24)11-7-15/h4-11,19,27H,3,12-13H2,1-2H3/b20-18+/t19-/m1/s1. The van der Waals surface area contributed by atoms with E-state index in [9.17, 15) is 19.1 Å². The van der Waals surface area contributed by atoms with E-state index in [1.54, 1.807) is 24.3 Å². The molecule has 1 N–H and O–H groups in total. The molecule has 2 aromatic carbocycles. The Balaban J connectivity index is 2.07. The van der Waals surface area contributed by atoms with E-state index in [4.69, 9.17) is 11.6 Å². The Hall–Kier alpha value is -2.70. The van der Waals surface area contributed by atoms with E-state index in [1.807, 2.05) is 19.0 Å². The molecule has 5 nitrogen and oxygen atoms in total. The van der Waals surface area contributed by atoms with Crippen molar-refractivity contribution < 1.29 is 19.1 Å². The fraction of sp³-hybridized carbons (Fsp3) is 0.273. The first-order valence-corrected chi connectivity index (χ1v) is 9.62. The van der Waals surface area contributed by atoms with E-state index in [2.05, 4.69) is 0 Å². The Morgan fingerprint density at radius 1 is 1.10 bits per heavy atom. The maximum Gasteiger partial charge on any atom is 0.295 e. The number of rotatable bonds is 6. The van der Waals surface area contributed by atoms with Gasteiger partial charge in [-0.25, -0.2) is 4.39 Å². The molecule has 3 rings (SSSR count). The second-order valence-electron chi connectivity index (χ2n) is 7.21. The third-order valence-corrected chi connectivity index (χ3v) is 5.10. The first-order chi connectivity index (χ1) is 13.8. The lowest BCUT2D eigenvalue weighted by Crippen LogP contribution is -2.32. The number of amides is 1. The molecule has 2 aromatic rings. The zero-order valence-corrected chi connectivity index (χ0v) is 17.0. The van der Waals surface area contributed by atoms with Crippen LogP contribution in [0.25, 0.3) is 5.76 Å². The molecule has 0 bridgehead atoms. The lowest BCUT2D eigenvalue weighted by molar-refractivity contribution is -0.139. The van der Waals surface area contributed by atoms with Gasteiger partial charge in [-0.1, -0.05) is 23.7 Å². The van der Waals surface area contributed by atoms with Gasteiger partial charge in [0.2, 0.25) is 0 Å². The topological polar surface area (TPSA) is 60.9 Å². The first-order valence-electron chi connectivity index (χ1n) is 9.24. The van der Waals surface area contributed by atoms with Crippen LogP contribution >= 0.6 is 11.6 Å². The Bertz CT molecular complexity index is 940. The fourth-order valence-electron chi connectivity index (χ4n) is 3.42. The number of aliphatic hydroxyl groups is 1. The minimum absolute atomic E-state index is 0.00576. The van der Waals surface area contributed by atoms with Gasteiger partial charge in [0.1, 0.15) is 11.6 Å². The van der Waals surface area contributed by atoms with Crippen LogP contribution in [0.4, 0.5) is 4.39 Å². The highest BCUT2D eigenvalue weighted by Gasteiger charge is 2.45. The van der Waals surface area contributed by atoms with Crippen molar-refractivity contribution >= 4 is 29.1 Å². The van der Waals surface area contributed by atoms with Gasteiger partial charge in [-0.2, -0.15) is 0 Å². The Kier molecular flexibility index (Phi) is 6.35. The third kappa shape index (κ3) is 4.49. The SMILES string of the molecule is CN(C)CCCN1C(=O)C(=O)/C(=C(/O)c2ccc(F)cc2)[C@H]1c1ccc(Cl)cc1. The quantitative estimate of drug-likeness (QED) is 0.441. The minimum atomic E-state index is -0.753. The molecule has 1 amide bonds. The molecular formula is C22H22ClFN2O3. The minimum Gasteiger partial charge on any atom is -0.507 e. The number of nitrogens with zero attached hydrogens (tertiary/aromatic N) is 2. The number of carbonyl (C=O) groups is 2. The molecule has 0 radical (unpaired) electrons. The Labute approximate surface area is 174 Å². The number of Topliss-reactive ketones (excluding diaryl/α,β-unsaturated/α-hetero) is 1. The van der Waals surface area contributed by atoms with Gasteiger partial charge in [0.25, 0.3) is 11.7 Å². The molecule has 0 aromatic heterocycles. The van der Waals surface area contributed by atoms with Crippen LogP contribution in [0.2, 0.25) is 5.02 Å². The number of aliphatic hydroxyl groups excluding tert-OH is 1. The maximum absolute atomic E-state index is 13.3. The van der Waals surface area contributed by atoms with Crippen LogP contribution in [0.1, 0.15) is 23.6 Å². The van der Waals surface area contributed by atoms with Gasteiger partial charge in [0.15, 0.2) is 0 Å². The molecule has 0 unspecified atom stereocenters. The molecule has 1 aliphatic rings. The molecule has 0 aliphatic carbocycles. The van der Waals surface area contributed by atoms with Crippen molar-refractivity contribution in [2.45, 2.75) is 12.5 Å². The molecule has 0 saturated carbocycles. The second kappa shape index (κ2) is 8.76. The summed E-state index contributed by atoms with van der Waals surface area (Å²) < 4.78 is 13.3. The van der Waals surface area contributed by atoms with Crippen LogP contribution in [0.3, 0.4) is 0 Å². The summed E-state index contributed by atoms with van der Waals surface area (Å²) in [6, 6.07) is 11.2. The van der Waals surface area contributed by atoms with E-state index in [0.29, 0.717) is 23.6 Å². The maximum atomic E-state index is 13.3. The second-order valence-corrected chi connectivity index (χ2v) is 7.64. The van der Waals surface area contributed by atoms with Crippen LogP contribution < -0.4 is 0 Å². The fourth-order valence-corrected chi connectivity index (χ4v) is 3.55. The van der Waals surface area contributed by atoms with Crippen molar-refractivity contribution in [1.29, 1.82) is 0 Å². The molecule has 7 heteroatoms. The Morgan fingerprint density at radius 2 is 1.72 bits per heavy atom. The van der Waals surface area contributed by atoms with Gasteiger partial charge in [0, 0.05) is 17.1 Å². The van der Waals surface area contributed by atoms with E-state index in [0.717, 1.165) is 6.54 Å². The highest BCUT2D eigenvalue weighted by atomic mass is 35.5. The zero-order valence-electron chi connectivity index (χ0n) is 16.2. The van der Waals surface area contributed by atoms with Crippen LogP contribution in [-0.2, 0) is 9.59 Å². The predicted molar refractivity (Wildman–Crippen MR) is 110 cm³/mol. The normalized spacial score (nSPS) is 18.7. The van der Waals surface area contributed by atoms with Gasteiger partial charge in [0.05, 0.1) is 11.6 Å². The summed E-state index contributed by atoms with van der Waals surface area (Å²) in [6.07, 6.45) is 0.667. The van der Waals surface area contributed by atoms with Gasteiger partial charge in [-0.3, -0.25) is 9.59 Å². The number of benzene rings is 2. The summed E-state index contributed by atoms with van der Waals surface area (Å²) in [5.74, 6) is -2.19. The van der Waals surface area contributed by atoms with Gasteiger partial charge >= 0.3 is 0 Å². The number of carbonyl (C=O) groups excluding carboxylic acids is 2. The van der Waals surface area contributed by atoms with E-state index in [1.165, 1.54) is 29.2 Å². The van der Waals surface area contributed by atoms with Gasteiger partial charge < -0.3 is 14.9 Å². The van der Waals surface area contributed by atoms with Gasteiger partial charge in [-0.15, -0.1) is 0 Å². The predicted octanol–water partition coefficient (Wildman–Crippen LogP) is 3.85. The highest BCUT2D eigenvalue weighted by Crippen LogP contribution is 2.39. The summed E-state index contributed by atoms with van der Waals surface area (Å²) in [6.45, 7) is 1.10. The molecule has 1 saturated heterocycles. The molecular weight excluding hydrogens is 395 g/mol. The van der Waals surface area contributed by atoms with Gasteiger partial charge in [-0.05, 0) is 69.0 Å². The number of hydrogen-bond donors (Lipinski definition) is 1. The summed E-state index contributed by atoms with van der Waals surface area (Å²) in [4.78, 5) is 29.1. The summed E-state index contributed by atoms with van der Waals surface area (Å²) in [7, 11) is 3.86. The van der Waals surface area contributed by atoms with Crippen molar-refractivity contribution in [2.24, 2.45) is 0 Å². The van der Waals surface area contributed by atoms with Crippen molar-refractivity contribution in [3.05, 3.63) is 76.1 Å².